The molecule has 1 amide bonds. The maximum Gasteiger partial charge on any atom is 0.328 e. The number of fused-ring (bicyclic) bond motifs is 2. The number of methoxy groups -OCH3 is 2. The highest BCUT2D eigenvalue weighted by atomic mass is 16.5. The lowest BCUT2D eigenvalue weighted by atomic mass is 10.0. The highest BCUT2D eigenvalue weighted by molar-refractivity contribution is 5.98. The fourth-order valence-corrected chi connectivity index (χ4v) is 4.59. The normalized spacial score (nSPS) is 13.2. The van der Waals surface area contributed by atoms with Gasteiger partial charge in [-0.25, -0.2) is 14.8 Å². The average Bonchev–Trinajstić information content (AvgIpc) is 3.30. The lowest BCUT2D eigenvalue weighted by molar-refractivity contribution is -0.144. The van der Waals surface area contributed by atoms with E-state index in [4.69, 9.17) is 16.2 Å². The first-order valence-corrected chi connectivity index (χ1v) is 12.1. The molecular formula is C25H30N8O5. The third kappa shape index (κ3) is 5.71. The van der Waals surface area contributed by atoms with Crippen LogP contribution in [-0.2, 0) is 32.0 Å². The van der Waals surface area contributed by atoms with Crippen molar-refractivity contribution in [2.24, 2.45) is 0 Å². The monoisotopic (exact) mass is 522 g/mol. The van der Waals surface area contributed by atoms with Crippen LogP contribution in [0.2, 0.25) is 0 Å². The third-order valence-corrected chi connectivity index (χ3v) is 6.36. The number of hydrogen-bond donors (Lipinski definition) is 3. The van der Waals surface area contributed by atoms with Gasteiger partial charge in [0.2, 0.25) is 5.95 Å². The molecule has 5 N–H and O–H groups in total. The molecule has 0 radical (unpaired) electrons. The summed E-state index contributed by atoms with van der Waals surface area (Å²) in [7, 11) is 2.56. The summed E-state index contributed by atoms with van der Waals surface area (Å²) in [4.78, 5) is 55.8. The van der Waals surface area contributed by atoms with Gasteiger partial charge in [0, 0.05) is 24.2 Å². The lowest BCUT2D eigenvalue weighted by Gasteiger charge is -2.22. The summed E-state index contributed by atoms with van der Waals surface area (Å²) in [6.45, 7) is 3.15. The summed E-state index contributed by atoms with van der Waals surface area (Å²) in [6, 6.07) is 2.75. The van der Waals surface area contributed by atoms with E-state index in [1.165, 1.54) is 14.2 Å². The van der Waals surface area contributed by atoms with Gasteiger partial charge in [-0.05, 0) is 49.4 Å². The van der Waals surface area contributed by atoms with Crippen molar-refractivity contribution in [3.63, 3.8) is 0 Å². The summed E-state index contributed by atoms with van der Waals surface area (Å²) >= 11 is 0. The molecule has 0 aliphatic carbocycles. The standard InChI is InChI=1S/C25H30N8O5/c1-13-9-15(23(35)30-17(24(36)38-3)5-4-6-18(34)37-2)10-14-7-8-33(20(13)14)12-16-11-28-22-19(29-16)21(26)31-25(27)32-22/h9-11,17H,4-8,12H2,1-3H3,(H,30,35)(H4,26,27,28,31,32). The van der Waals surface area contributed by atoms with Crippen molar-refractivity contribution >= 4 is 46.5 Å². The number of amides is 1. The highest BCUT2D eigenvalue weighted by Gasteiger charge is 2.26. The van der Waals surface area contributed by atoms with Crippen molar-refractivity contribution in [2.75, 3.05) is 37.1 Å². The largest absolute Gasteiger partial charge is 0.469 e. The molecular weight excluding hydrogens is 492 g/mol. The Kier molecular flexibility index (Phi) is 7.84. The van der Waals surface area contributed by atoms with Gasteiger partial charge < -0.3 is 31.2 Å². The second-order valence-electron chi connectivity index (χ2n) is 8.99. The van der Waals surface area contributed by atoms with Crippen LogP contribution < -0.4 is 21.7 Å². The van der Waals surface area contributed by atoms with E-state index >= 15 is 0 Å². The number of aryl methyl sites for hydroxylation is 1. The van der Waals surface area contributed by atoms with E-state index in [9.17, 15) is 14.4 Å². The van der Waals surface area contributed by atoms with Gasteiger partial charge in [-0.2, -0.15) is 9.97 Å². The van der Waals surface area contributed by atoms with Crippen LogP contribution >= 0.6 is 0 Å². The number of nitrogens with zero attached hydrogens (tertiary/aromatic N) is 5. The Morgan fingerprint density at radius 3 is 2.66 bits per heavy atom. The fourth-order valence-electron chi connectivity index (χ4n) is 4.59. The van der Waals surface area contributed by atoms with E-state index in [0.29, 0.717) is 35.4 Å². The molecule has 13 heteroatoms. The Hall–Kier alpha value is -4.55. The Balaban J connectivity index is 1.49. The summed E-state index contributed by atoms with van der Waals surface area (Å²) in [5, 5.41) is 2.74. The van der Waals surface area contributed by atoms with E-state index < -0.39 is 17.9 Å². The van der Waals surface area contributed by atoms with E-state index in [0.717, 1.165) is 29.8 Å². The lowest BCUT2D eigenvalue weighted by Crippen LogP contribution is -2.41. The SMILES string of the molecule is COC(=O)CCCC(NC(=O)c1cc(C)c2c(c1)CCN2Cc1cnc2nc(N)nc(N)c2n1)C(=O)OC. The van der Waals surface area contributed by atoms with Gasteiger partial charge in [-0.3, -0.25) is 9.59 Å². The van der Waals surface area contributed by atoms with Gasteiger partial charge in [0.05, 0.1) is 32.7 Å². The topological polar surface area (TPSA) is 189 Å². The summed E-state index contributed by atoms with van der Waals surface area (Å²) < 4.78 is 9.46. The summed E-state index contributed by atoms with van der Waals surface area (Å²) in [6.07, 6.45) is 3.13. The second-order valence-corrected chi connectivity index (χ2v) is 8.99. The number of anilines is 3. The van der Waals surface area contributed by atoms with Gasteiger partial charge in [0.25, 0.3) is 5.91 Å². The molecule has 1 atom stereocenters. The van der Waals surface area contributed by atoms with Gasteiger partial charge in [-0.1, -0.05) is 0 Å². The van der Waals surface area contributed by atoms with Crippen LogP contribution in [0.25, 0.3) is 11.2 Å². The molecule has 0 saturated heterocycles. The molecule has 1 aliphatic rings. The van der Waals surface area contributed by atoms with E-state index in [-0.39, 0.29) is 30.6 Å². The van der Waals surface area contributed by atoms with Crippen LogP contribution in [0.5, 0.6) is 0 Å². The maximum atomic E-state index is 13.1. The first-order valence-electron chi connectivity index (χ1n) is 12.1. The minimum atomic E-state index is -0.875. The van der Waals surface area contributed by atoms with Crippen molar-refractivity contribution in [1.82, 2.24) is 25.3 Å². The predicted octanol–water partition coefficient (Wildman–Crippen LogP) is 1.07. The molecule has 1 unspecified atom stereocenters. The minimum absolute atomic E-state index is 0.0417. The number of ether oxygens (including phenoxy) is 2. The minimum Gasteiger partial charge on any atom is -0.469 e. The molecule has 0 fully saturated rings. The predicted molar refractivity (Wildman–Crippen MR) is 139 cm³/mol. The van der Waals surface area contributed by atoms with Crippen molar-refractivity contribution in [1.29, 1.82) is 0 Å². The van der Waals surface area contributed by atoms with Crippen LogP contribution in [0, 0.1) is 6.92 Å². The average molecular weight is 523 g/mol. The van der Waals surface area contributed by atoms with Crippen LogP contribution in [-0.4, -0.2) is 64.6 Å². The Morgan fingerprint density at radius 1 is 1.13 bits per heavy atom. The molecule has 1 aliphatic heterocycles. The van der Waals surface area contributed by atoms with Crippen LogP contribution in [0.15, 0.2) is 18.3 Å². The molecule has 200 valence electrons. The zero-order valence-corrected chi connectivity index (χ0v) is 21.5. The van der Waals surface area contributed by atoms with Gasteiger partial charge in [0.15, 0.2) is 17.0 Å². The molecule has 4 rings (SSSR count). The molecule has 0 spiro atoms. The number of carbonyl (C=O) groups is 3. The third-order valence-electron chi connectivity index (χ3n) is 6.36. The van der Waals surface area contributed by atoms with E-state index in [1.807, 2.05) is 13.0 Å². The summed E-state index contributed by atoms with van der Waals surface area (Å²) in [5.41, 5.74) is 16.4. The number of rotatable bonds is 9. The van der Waals surface area contributed by atoms with Gasteiger partial charge in [0.1, 0.15) is 6.04 Å². The Morgan fingerprint density at radius 2 is 1.92 bits per heavy atom. The van der Waals surface area contributed by atoms with Crippen molar-refractivity contribution in [2.45, 2.75) is 45.2 Å². The van der Waals surface area contributed by atoms with Gasteiger partial charge >= 0.3 is 11.9 Å². The van der Waals surface area contributed by atoms with E-state index in [2.05, 4.69) is 34.9 Å². The van der Waals surface area contributed by atoms with Crippen LogP contribution in [0.3, 0.4) is 0 Å². The molecule has 0 bridgehead atoms. The number of aromatic nitrogens is 4. The Bertz CT molecular complexity index is 1400. The number of nitrogens with two attached hydrogens (primary N) is 2. The maximum absolute atomic E-state index is 13.1. The zero-order chi connectivity index (χ0) is 27.4. The van der Waals surface area contributed by atoms with Gasteiger partial charge in [-0.15, -0.1) is 0 Å². The number of benzene rings is 1. The number of nitrogens with one attached hydrogen (secondary N) is 1. The zero-order valence-electron chi connectivity index (χ0n) is 21.5. The smallest absolute Gasteiger partial charge is 0.328 e. The highest BCUT2D eigenvalue weighted by Crippen LogP contribution is 2.34. The number of hydrogen-bond acceptors (Lipinski definition) is 12. The van der Waals surface area contributed by atoms with Crippen LogP contribution in [0.1, 0.15) is 46.4 Å². The molecule has 38 heavy (non-hydrogen) atoms. The number of esters is 2. The fraction of sp³-hybridized carbons (Fsp3) is 0.400. The molecule has 13 nitrogen and oxygen atoms in total. The first-order chi connectivity index (χ1) is 18.2. The van der Waals surface area contributed by atoms with Crippen molar-refractivity contribution in [3.8, 4) is 0 Å². The molecule has 0 saturated carbocycles. The Labute approximate surface area is 218 Å². The summed E-state index contributed by atoms with van der Waals surface area (Å²) in [5.74, 6) is -1.13. The number of carbonyl (C=O) groups excluding carboxylic acids is 3. The number of nitrogen functional groups attached to an aromatic ring is 2. The van der Waals surface area contributed by atoms with E-state index in [1.54, 1.807) is 12.3 Å². The quantitative estimate of drug-likeness (QED) is 0.340. The van der Waals surface area contributed by atoms with Crippen molar-refractivity contribution in [3.05, 3.63) is 40.7 Å². The second kappa shape index (κ2) is 11.2. The van der Waals surface area contributed by atoms with Crippen molar-refractivity contribution < 1.29 is 23.9 Å². The molecule has 2 aromatic heterocycles. The first kappa shape index (κ1) is 26.5. The molecule has 3 aromatic rings. The van der Waals surface area contributed by atoms with Crippen LogP contribution in [0.4, 0.5) is 17.5 Å². The molecule has 1 aromatic carbocycles. The molecule has 3 heterocycles.